The van der Waals surface area contributed by atoms with Crippen LogP contribution in [0.5, 0.6) is 0 Å². The Morgan fingerprint density at radius 1 is 1.21 bits per heavy atom. The smallest absolute Gasteiger partial charge is 0.247 e. The van der Waals surface area contributed by atoms with Crippen LogP contribution in [0, 0.1) is 0 Å². The number of halogens is 1. The lowest BCUT2D eigenvalue weighted by Gasteiger charge is -2.21. The Hall–Kier alpha value is -1.39. The third-order valence-electron chi connectivity index (χ3n) is 3.39. The van der Waals surface area contributed by atoms with Crippen LogP contribution >= 0.6 is 11.6 Å². The van der Waals surface area contributed by atoms with Gasteiger partial charge in [-0.1, -0.05) is 18.0 Å². The Morgan fingerprint density at radius 3 is 2.79 bits per heavy atom. The molecule has 0 amide bonds. The Kier molecular flexibility index (Phi) is 3.80. The van der Waals surface area contributed by atoms with Gasteiger partial charge < -0.3 is 9.73 Å². The first kappa shape index (κ1) is 12.6. The van der Waals surface area contributed by atoms with Crippen molar-refractivity contribution in [3.8, 4) is 11.5 Å². The van der Waals surface area contributed by atoms with Crippen LogP contribution in [0.4, 0.5) is 0 Å². The fourth-order valence-corrected chi connectivity index (χ4v) is 2.48. The van der Waals surface area contributed by atoms with Crippen molar-refractivity contribution in [1.82, 2.24) is 15.5 Å². The van der Waals surface area contributed by atoms with Crippen molar-refractivity contribution >= 4 is 11.6 Å². The molecule has 1 N–H and O–H groups in total. The van der Waals surface area contributed by atoms with Gasteiger partial charge in [-0.05, 0) is 43.7 Å². The number of nitrogens with zero attached hydrogens (tertiary/aromatic N) is 2. The molecule has 2 aromatic rings. The van der Waals surface area contributed by atoms with Crippen molar-refractivity contribution < 1.29 is 4.42 Å². The van der Waals surface area contributed by atoms with Crippen LogP contribution in [-0.4, -0.2) is 22.8 Å². The van der Waals surface area contributed by atoms with Crippen LogP contribution in [0.15, 0.2) is 28.7 Å². The van der Waals surface area contributed by atoms with Gasteiger partial charge in [0.05, 0.1) is 0 Å². The summed E-state index contributed by atoms with van der Waals surface area (Å²) in [5.41, 5.74) is 0.903. The van der Waals surface area contributed by atoms with Crippen molar-refractivity contribution in [3.05, 3.63) is 35.2 Å². The van der Waals surface area contributed by atoms with Crippen molar-refractivity contribution in [1.29, 1.82) is 0 Å². The molecule has 1 atom stereocenters. The van der Waals surface area contributed by atoms with Crippen LogP contribution in [-0.2, 0) is 6.42 Å². The highest BCUT2D eigenvalue weighted by molar-refractivity contribution is 6.30. The molecule has 1 aromatic heterocycles. The Morgan fingerprint density at radius 2 is 2.05 bits per heavy atom. The van der Waals surface area contributed by atoms with Crippen LogP contribution in [0.3, 0.4) is 0 Å². The molecule has 0 saturated carbocycles. The number of rotatable bonds is 3. The maximum Gasteiger partial charge on any atom is 0.247 e. The molecule has 1 aromatic carbocycles. The van der Waals surface area contributed by atoms with E-state index in [9.17, 15) is 0 Å². The third-order valence-corrected chi connectivity index (χ3v) is 3.64. The van der Waals surface area contributed by atoms with Crippen LogP contribution in [0.25, 0.3) is 11.5 Å². The van der Waals surface area contributed by atoms with Crippen molar-refractivity contribution in [3.63, 3.8) is 0 Å². The second-order valence-corrected chi connectivity index (χ2v) is 5.30. The standard InChI is InChI=1S/C14H16ClN3O/c15-11-6-4-10(5-7-11)14-18-17-13(19-14)9-12-3-1-2-8-16-12/h4-7,12,16H,1-3,8-9H2. The molecule has 1 fully saturated rings. The number of piperidine rings is 1. The van der Waals surface area contributed by atoms with E-state index in [4.69, 9.17) is 16.0 Å². The van der Waals surface area contributed by atoms with E-state index in [1.165, 1.54) is 19.3 Å². The highest BCUT2D eigenvalue weighted by Gasteiger charge is 2.17. The molecule has 0 bridgehead atoms. The average Bonchev–Trinajstić information content (AvgIpc) is 2.89. The average molecular weight is 278 g/mol. The van der Waals surface area contributed by atoms with Gasteiger partial charge in [0.2, 0.25) is 11.8 Å². The number of nitrogens with one attached hydrogen (secondary N) is 1. The van der Waals surface area contributed by atoms with Gasteiger partial charge in [-0.15, -0.1) is 10.2 Å². The normalized spacial score (nSPS) is 19.5. The molecule has 2 heterocycles. The van der Waals surface area contributed by atoms with Gasteiger partial charge in [0.25, 0.3) is 0 Å². The van der Waals surface area contributed by atoms with E-state index in [1.807, 2.05) is 24.3 Å². The van der Waals surface area contributed by atoms with E-state index in [0.29, 0.717) is 22.8 Å². The fraction of sp³-hybridized carbons (Fsp3) is 0.429. The molecule has 3 rings (SSSR count). The quantitative estimate of drug-likeness (QED) is 0.937. The van der Waals surface area contributed by atoms with Gasteiger partial charge >= 0.3 is 0 Å². The number of benzene rings is 1. The molecule has 0 radical (unpaired) electrons. The molecule has 0 spiro atoms. The monoisotopic (exact) mass is 277 g/mol. The Balaban J connectivity index is 1.70. The summed E-state index contributed by atoms with van der Waals surface area (Å²) in [5, 5.41) is 12.4. The van der Waals surface area contributed by atoms with E-state index >= 15 is 0 Å². The van der Waals surface area contributed by atoms with Gasteiger partial charge in [-0.25, -0.2) is 0 Å². The molecule has 1 aliphatic heterocycles. The van der Waals surface area contributed by atoms with Crippen LogP contribution < -0.4 is 5.32 Å². The zero-order valence-corrected chi connectivity index (χ0v) is 11.4. The minimum atomic E-state index is 0.465. The molecule has 1 unspecified atom stereocenters. The number of aromatic nitrogens is 2. The second-order valence-electron chi connectivity index (χ2n) is 4.86. The summed E-state index contributed by atoms with van der Waals surface area (Å²) >= 11 is 5.86. The van der Waals surface area contributed by atoms with Gasteiger partial charge in [0.15, 0.2) is 0 Å². The summed E-state index contributed by atoms with van der Waals surface area (Å²) in [6.45, 7) is 1.09. The molecular weight excluding hydrogens is 262 g/mol. The van der Waals surface area contributed by atoms with E-state index in [2.05, 4.69) is 15.5 Å². The predicted molar refractivity (Wildman–Crippen MR) is 74.1 cm³/mol. The number of hydrogen-bond acceptors (Lipinski definition) is 4. The zero-order valence-electron chi connectivity index (χ0n) is 10.6. The van der Waals surface area contributed by atoms with E-state index in [0.717, 1.165) is 18.5 Å². The second kappa shape index (κ2) is 5.72. The largest absolute Gasteiger partial charge is 0.421 e. The third kappa shape index (κ3) is 3.14. The lowest BCUT2D eigenvalue weighted by Crippen LogP contribution is -2.35. The summed E-state index contributed by atoms with van der Waals surface area (Å²) in [7, 11) is 0. The lowest BCUT2D eigenvalue weighted by molar-refractivity contribution is 0.369. The molecule has 1 aliphatic rings. The maximum absolute atomic E-state index is 5.86. The molecule has 100 valence electrons. The fourth-order valence-electron chi connectivity index (χ4n) is 2.35. The Labute approximate surface area is 117 Å². The molecular formula is C14H16ClN3O. The first-order chi connectivity index (χ1) is 9.31. The topological polar surface area (TPSA) is 51.0 Å². The molecule has 5 heteroatoms. The molecule has 19 heavy (non-hydrogen) atoms. The summed E-state index contributed by atoms with van der Waals surface area (Å²) in [6.07, 6.45) is 4.52. The first-order valence-electron chi connectivity index (χ1n) is 6.63. The first-order valence-corrected chi connectivity index (χ1v) is 7.01. The lowest BCUT2D eigenvalue weighted by atomic mass is 10.0. The van der Waals surface area contributed by atoms with E-state index in [-0.39, 0.29) is 0 Å². The number of hydrogen-bond donors (Lipinski definition) is 1. The summed E-state index contributed by atoms with van der Waals surface area (Å²) in [6, 6.07) is 7.89. The van der Waals surface area contributed by atoms with Crippen LogP contribution in [0.1, 0.15) is 25.2 Å². The highest BCUT2D eigenvalue weighted by atomic mass is 35.5. The van der Waals surface area contributed by atoms with E-state index < -0.39 is 0 Å². The summed E-state index contributed by atoms with van der Waals surface area (Å²) in [4.78, 5) is 0. The van der Waals surface area contributed by atoms with Gasteiger partial charge in [0.1, 0.15) is 0 Å². The summed E-state index contributed by atoms with van der Waals surface area (Å²) < 4.78 is 5.71. The molecule has 0 aliphatic carbocycles. The Bertz CT molecular complexity index is 532. The van der Waals surface area contributed by atoms with Gasteiger partial charge in [0, 0.05) is 23.0 Å². The zero-order chi connectivity index (χ0) is 13.1. The molecule has 4 nitrogen and oxygen atoms in total. The van der Waals surface area contributed by atoms with Gasteiger partial charge in [-0.2, -0.15) is 0 Å². The predicted octanol–water partition coefficient (Wildman–Crippen LogP) is 3.07. The van der Waals surface area contributed by atoms with E-state index in [1.54, 1.807) is 0 Å². The highest BCUT2D eigenvalue weighted by Crippen LogP contribution is 2.21. The van der Waals surface area contributed by atoms with Crippen molar-refractivity contribution in [2.75, 3.05) is 6.54 Å². The van der Waals surface area contributed by atoms with Crippen LogP contribution in [0.2, 0.25) is 5.02 Å². The van der Waals surface area contributed by atoms with Gasteiger partial charge in [-0.3, -0.25) is 0 Å². The minimum absolute atomic E-state index is 0.465. The summed E-state index contributed by atoms with van der Waals surface area (Å²) in [5.74, 6) is 1.26. The van der Waals surface area contributed by atoms with Crippen molar-refractivity contribution in [2.45, 2.75) is 31.7 Å². The minimum Gasteiger partial charge on any atom is -0.421 e. The molecule has 1 saturated heterocycles. The maximum atomic E-state index is 5.86. The van der Waals surface area contributed by atoms with Crippen molar-refractivity contribution in [2.24, 2.45) is 0 Å². The SMILES string of the molecule is Clc1ccc(-c2nnc(CC3CCCCN3)o2)cc1.